The maximum absolute atomic E-state index is 12.4. The Hall–Kier alpha value is -1.56. The summed E-state index contributed by atoms with van der Waals surface area (Å²) in [6.07, 6.45) is 4.46. The molecule has 24 heavy (non-hydrogen) atoms. The highest BCUT2D eigenvalue weighted by atomic mass is 32.2. The fraction of sp³-hybridized carbons (Fsp3) is 0.611. The lowest BCUT2D eigenvalue weighted by atomic mass is 10.1. The molecule has 1 aromatic rings. The van der Waals surface area contributed by atoms with E-state index in [4.69, 9.17) is 4.18 Å². The van der Waals surface area contributed by atoms with Gasteiger partial charge in [-0.15, -0.1) is 0 Å². The van der Waals surface area contributed by atoms with Crippen molar-refractivity contribution in [1.29, 1.82) is 0 Å². The Kier molecular flexibility index (Phi) is 8.25. The predicted octanol–water partition coefficient (Wildman–Crippen LogP) is 3.59. The largest absolute Gasteiger partial charge is 0.383 e. The van der Waals surface area contributed by atoms with Crippen molar-refractivity contribution in [2.24, 2.45) is 5.92 Å². The monoisotopic (exact) mass is 355 g/mol. The van der Waals surface area contributed by atoms with Crippen LogP contribution in [0.25, 0.3) is 0 Å². The number of carbonyl (C=O) groups is 1. The van der Waals surface area contributed by atoms with Gasteiger partial charge in [-0.05, 0) is 36.5 Å². The van der Waals surface area contributed by atoms with Gasteiger partial charge in [-0.2, -0.15) is 8.42 Å². The van der Waals surface area contributed by atoms with Gasteiger partial charge in [-0.25, -0.2) is 0 Å². The van der Waals surface area contributed by atoms with Gasteiger partial charge in [0, 0.05) is 19.5 Å². The van der Waals surface area contributed by atoms with E-state index in [1.165, 1.54) is 0 Å². The van der Waals surface area contributed by atoms with Crippen LogP contribution in [0.3, 0.4) is 0 Å². The van der Waals surface area contributed by atoms with Gasteiger partial charge in [0.1, 0.15) is 5.75 Å². The van der Waals surface area contributed by atoms with Gasteiger partial charge in [-0.3, -0.25) is 4.79 Å². The number of nitrogens with zero attached hydrogens (tertiary/aromatic N) is 1. The molecule has 0 aliphatic carbocycles. The van der Waals surface area contributed by atoms with Crippen molar-refractivity contribution >= 4 is 16.0 Å². The summed E-state index contributed by atoms with van der Waals surface area (Å²) >= 11 is 0. The summed E-state index contributed by atoms with van der Waals surface area (Å²) in [6.45, 7) is 7.64. The van der Waals surface area contributed by atoms with E-state index in [-0.39, 0.29) is 11.7 Å². The van der Waals surface area contributed by atoms with Crippen LogP contribution in [0, 0.1) is 5.92 Å². The average Bonchev–Trinajstić information content (AvgIpc) is 2.49. The minimum Gasteiger partial charge on any atom is -0.383 e. The summed E-state index contributed by atoms with van der Waals surface area (Å²) in [5.41, 5.74) is 0.962. The molecule has 0 fully saturated rings. The maximum atomic E-state index is 12.4. The topological polar surface area (TPSA) is 63.7 Å². The van der Waals surface area contributed by atoms with Crippen LogP contribution in [-0.4, -0.2) is 32.0 Å². The number of benzene rings is 1. The van der Waals surface area contributed by atoms with Gasteiger partial charge in [0.2, 0.25) is 5.91 Å². The molecule has 0 saturated heterocycles. The molecule has 1 aromatic carbocycles. The Bertz CT molecular complexity index is 608. The summed E-state index contributed by atoms with van der Waals surface area (Å²) in [7, 11) is -3.52. The van der Waals surface area contributed by atoms with Gasteiger partial charge in [0.15, 0.2) is 0 Å². The normalized spacial score (nSPS) is 11.5. The van der Waals surface area contributed by atoms with Crippen LogP contribution < -0.4 is 4.18 Å². The number of unbranched alkanes of at least 4 members (excludes halogenated alkanes) is 1. The molecule has 0 saturated carbocycles. The Morgan fingerprint density at radius 2 is 1.83 bits per heavy atom. The summed E-state index contributed by atoms with van der Waals surface area (Å²) < 4.78 is 27.1. The molecule has 0 spiro atoms. The van der Waals surface area contributed by atoms with Crippen molar-refractivity contribution in [3.05, 3.63) is 29.8 Å². The molecule has 136 valence electrons. The van der Waals surface area contributed by atoms with Crippen LogP contribution >= 0.6 is 0 Å². The van der Waals surface area contributed by atoms with Crippen molar-refractivity contribution in [2.75, 3.05) is 12.8 Å². The van der Waals surface area contributed by atoms with Crippen LogP contribution in [0.2, 0.25) is 0 Å². The summed E-state index contributed by atoms with van der Waals surface area (Å²) in [5.74, 6) is 0.998. The lowest BCUT2D eigenvalue weighted by molar-refractivity contribution is -0.132. The van der Waals surface area contributed by atoms with E-state index < -0.39 is 10.1 Å². The first-order valence-corrected chi connectivity index (χ1v) is 10.3. The average molecular weight is 356 g/mol. The first-order chi connectivity index (χ1) is 11.2. The molecule has 0 radical (unpaired) electrons. The molecule has 0 atom stereocenters. The fourth-order valence-electron chi connectivity index (χ4n) is 2.24. The van der Waals surface area contributed by atoms with Crippen molar-refractivity contribution < 1.29 is 17.4 Å². The van der Waals surface area contributed by atoms with E-state index in [9.17, 15) is 13.2 Å². The predicted molar refractivity (Wildman–Crippen MR) is 96.3 cm³/mol. The first kappa shape index (κ1) is 20.5. The van der Waals surface area contributed by atoms with E-state index in [0.717, 1.165) is 37.6 Å². The zero-order valence-electron chi connectivity index (χ0n) is 15.1. The molecule has 0 N–H and O–H groups in total. The highest BCUT2D eigenvalue weighted by Gasteiger charge is 2.14. The molecule has 1 amide bonds. The van der Waals surface area contributed by atoms with E-state index in [1.54, 1.807) is 24.3 Å². The molecular weight excluding hydrogens is 326 g/mol. The molecule has 0 bridgehead atoms. The van der Waals surface area contributed by atoms with Crippen molar-refractivity contribution in [2.45, 2.75) is 53.0 Å². The van der Waals surface area contributed by atoms with Crippen LogP contribution in [-0.2, 0) is 21.5 Å². The molecule has 0 aromatic heterocycles. The van der Waals surface area contributed by atoms with Crippen molar-refractivity contribution in [3.8, 4) is 5.75 Å². The zero-order chi connectivity index (χ0) is 18.2. The number of rotatable bonds is 10. The van der Waals surface area contributed by atoms with Gasteiger partial charge in [-0.1, -0.05) is 39.3 Å². The highest BCUT2D eigenvalue weighted by Crippen LogP contribution is 2.16. The Morgan fingerprint density at radius 1 is 1.21 bits per heavy atom. The second-order valence-corrected chi connectivity index (χ2v) is 8.11. The SMILES string of the molecule is CCCCC(=O)N(CCC(C)C)Cc1ccc(OS(C)(=O)=O)cc1. The third-order valence-corrected chi connectivity index (χ3v) is 4.11. The molecular formula is C18H29NO4S. The summed E-state index contributed by atoms with van der Waals surface area (Å²) in [5, 5.41) is 0. The first-order valence-electron chi connectivity index (χ1n) is 8.47. The van der Waals surface area contributed by atoms with Crippen LogP contribution in [0.15, 0.2) is 24.3 Å². The third kappa shape index (κ3) is 8.34. The molecule has 0 unspecified atom stereocenters. The fourth-order valence-corrected chi connectivity index (χ4v) is 2.70. The van der Waals surface area contributed by atoms with E-state index in [1.807, 2.05) is 4.90 Å². The highest BCUT2D eigenvalue weighted by molar-refractivity contribution is 7.86. The minimum atomic E-state index is -3.52. The Labute approximate surface area is 146 Å². The van der Waals surface area contributed by atoms with Crippen molar-refractivity contribution in [1.82, 2.24) is 4.90 Å². The molecule has 1 rings (SSSR count). The number of hydrogen-bond donors (Lipinski definition) is 0. The smallest absolute Gasteiger partial charge is 0.306 e. The second kappa shape index (κ2) is 9.67. The Morgan fingerprint density at radius 3 is 2.33 bits per heavy atom. The van der Waals surface area contributed by atoms with E-state index in [2.05, 4.69) is 20.8 Å². The van der Waals surface area contributed by atoms with E-state index in [0.29, 0.717) is 18.9 Å². The van der Waals surface area contributed by atoms with Crippen LogP contribution in [0.1, 0.15) is 52.0 Å². The van der Waals surface area contributed by atoms with Gasteiger partial charge in [0.25, 0.3) is 0 Å². The minimum absolute atomic E-state index is 0.175. The van der Waals surface area contributed by atoms with Crippen LogP contribution in [0.5, 0.6) is 5.75 Å². The quantitative estimate of drug-likeness (QED) is 0.602. The number of carbonyl (C=O) groups excluding carboxylic acids is 1. The molecule has 0 aliphatic rings. The third-order valence-electron chi connectivity index (χ3n) is 3.62. The molecule has 5 nitrogen and oxygen atoms in total. The lowest BCUT2D eigenvalue weighted by Gasteiger charge is -2.24. The standard InChI is InChI=1S/C18H29NO4S/c1-5-6-7-18(20)19(13-12-15(2)3)14-16-8-10-17(11-9-16)23-24(4,21)22/h8-11,15H,5-7,12-14H2,1-4H3. The van der Waals surface area contributed by atoms with Gasteiger partial charge < -0.3 is 9.08 Å². The second-order valence-electron chi connectivity index (χ2n) is 6.53. The number of hydrogen-bond acceptors (Lipinski definition) is 4. The molecule has 0 heterocycles. The van der Waals surface area contributed by atoms with Gasteiger partial charge in [0.05, 0.1) is 6.26 Å². The van der Waals surface area contributed by atoms with Gasteiger partial charge >= 0.3 is 10.1 Å². The zero-order valence-corrected chi connectivity index (χ0v) is 15.9. The maximum Gasteiger partial charge on any atom is 0.306 e. The van der Waals surface area contributed by atoms with Crippen LogP contribution in [0.4, 0.5) is 0 Å². The molecule has 0 aliphatic heterocycles. The van der Waals surface area contributed by atoms with Crippen molar-refractivity contribution in [3.63, 3.8) is 0 Å². The summed E-state index contributed by atoms with van der Waals surface area (Å²) in [4.78, 5) is 14.3. The lowest BCUT2D eigenvalue weighted by Crippen LogP contribution is -2.32. The van der Waals surface area contributed by atoms with E-state index >= 15 is 0 Å². The Balaban J connectivity index is 2.75. The molecule has 6 heteroatoms. The number of amides is 1. The summed E-state index contributed by atoms with van der Waals surface area (Å²) in [6, 6.07) is 6.84.